The van der Waals surface area contributed by atoms with Crippen molar-refractivity contribution in [1.29, 1.82) is 0 Å². The summed E-state index contributed by atoms with van der Waals surface area (Å²) < 4.78 is 6.31. The third-order valence-electron chi connectivity index (χ3n) is 2.71. The average Bonchev–Trinajstić information content (AvgIpc) is 2.41. The summed E-state index contributed by atoms with van der Waals surface area (Å²) in [7, 11) is 0. The molecule has 0 spiro atoms. The summed E-state index contributed by atoms with van der Waals surface area (Å²) in [5, 5.41) is 2.87. The highest BCUT2D eigenvalue weighted by Gasteiger charge is 2.04. The van der Waals surface area contributed by atoms with Crippen molar-refractivity contribution < 1.29 is 9.53 Å². The molecule has 0 saturated carbocycles. The highest BCUT2D eigenvalue weighted by atomic mass is 79.9. The number of hydrogen-bond donors (Lipinski definition) is 1. The van der Waals surface area contributed by atoms with Gasteiger partial charge >= 0.3 is 0 Å². The van der Waals surface area contributed by atoms with Crippen molar-refractivity contribution >= 4 is 27.5 Å². The van der Waals surface area contributed by atoms with Crippen LogP contribution in [0.5, 0.6) is 5.75 Å². The van der Waals surface area contributed by atoms with E-state index in [0.717, 1.165) is 21.5 Å². The molecule has 0 aromatic heterocycles. The molecule has 1 N–H and O–H groups in total. The van der Waals surface area contributed by atoms with Crippen LogP contribution in [0.2, 0.25) is 0 Å². The molecule has 2 aromatic carbocycles. The van der Waals surface area contributed by atoms with Crippen LogP contribution in [0.1, 0.15) is 12.5 Å². The number of ether oxygens (including phenoxy) is 1. The fourth-order valence-corrected chi connectivity index (χ4v) is 2.23. The van der Waals surface area contributed by atoms with Crippen LogP contribution in [0.3, 0.4) is 0 Å². The van der Waals surface area contributed by atoms with Crippen LogP contribution in [0.4, 0.5) is 5.69 Å². The summed E-state index contributed by atoms with van der Waals surface area (Å²) in [6, 6.07) is 15.1. The number of amides is 1. The van der Waals surface area contributed by atoms with Crippen molar-refractivity contribution in [3.63, 3.8) is 0 Å². The largest absolute Gasteiger partial charge is 0.494 e. The van der Waals surface area contributed by atoms with Gasteiger partial charge in [0.1, 0.15) is 5.75 Å². The van der Waals surface area contributed by atoms with Gasteiger partial charge in [-0.05, 0) is 42.8 Å². The minimum absolute atomic E-state index is 0.0349. The van der Waals surface area contributed by atoms with E-state index in [1.165, 1.54) is 0 Å². The molecule has 1 amide bonds. The van der Waals surface area contributed by atoms with E-state index in [0.29, 0.717) is 13.0 Å². The van der Waals surface area contributed by atoms with Crippen LogP contribution in [-0.4, -0.2) is 12.5 Å². The summed E-state index contributed by atoms with van der Waals surface area (Å²) in [6.45, 7) is 2.59. The summed E-state index contributed by atoms with van der Waals surface area (Å²) in [6.07, 6.45) is 0.346. The third-order valence-corrected chi connectivity index (χ3v) is 3.20. The second kappa shape index (κ2) is 7.10. The monoisotopic (exact) mass is 333 g/mol. The lowest BCUT2D eigenvalue weighted by atomic mass is 10.1. The summed E-state index contributed by atoms with van der Waals surface area (Å²) in [5.41, 5.74) is 1.75. The molecule has 0 saturated heterocycles. The fraction of sp³-hybridized carbons (Fsp3) is 0.188. The Hall–Kier alpha value is -1.81. The van der Waals surface area contributed by atoms with Gasteiger partial charge in [-0.25, -0.2) is 0 Å². The van der Waals surface area contributed by atoms with Crippen molar-refractivity contribution in [2.24, 2.45) is 0 Å². The molecule has 0 radical (unpaired) electrons. The molecule has 104 valence electrons. The normalized spacial score (nSPS) is 10.1. The Morgan fingerprint density at radius 3 is 2.60 bits per heavy atom. The molecule has 0 bridgehead atoms. The zero-order valence-electron chi connectivity index (χ0n) is 11.2. The van der Waals surface area contributed by atoms with Gasteiger partial charge in [0.2, 0.25) is 5.91 Å². The van der Waals surface area contributed by atoms with Gasteiger partial charge < -0.3 is 10.1 Å². The van der Waals surface area contributed by atoms with Crippen molar-refractivity contribution in [2.75, 3.05) is 11.9 Å². The molecule has 20 heavy (non-hydrogen) atoms. The van der Waals surface area contributed by atoms with Crippen molar-refractivity contribution in [3.8, 4) is 5.75 Å². The Morgan fingerprint density at radius 1 is 1.20 bits per heavy atom. The first-order valence-electron chi connectivity index (χ1n) is 6.44. The number of anilines is 1. The maximum atomic E-state index is 11.9. The first-order valence-corrected chi connectivity index (χ1v) is 7.24. The number of carbonyl (C=O) groups excluding carboxylic acids is 1. The molecule has 4 heteroatoms. The molecule has 2 rings (SSSR count). The van der Waals surface area contributed by atoms with Gasteiger partial charge in [0.25, 0.3) is 0 Å². The lowest BCUT2D eigenvalue weighted by Gasteiger charge is -2.07. The molecule has 2 aromatic rings. The van der Waals surface area contributed by atoms with Crippen molar-refractivity contribution in [2.45, 2.75) is 13.3 Å². The second-order valence-electron chi connectivity index (χ2n) is 4.31. The molecular formula is C16H16BrNO2. The smallest absolute Gasteiger partial charge is 0.228 e. The topological polar surface area (TPSA) is 38.3 Å². The Bertz CT molecular complexity index is 581. The van der Waals surface area contributed by atoms with Gasteiger partial charge in [0.15, 0.2) is 0 Å². The summed E-state index contributed by atoms with van der Waals surface area (Å²) in [5.74, 6) is 0.788. The number of halogens is 1. The van der Waals surface area contributed by atoms with Crippen LogP contribution < -0.4 is 10.1 Å². The van der Waals surface area contributed by atoms with Crippen LogP contribution >= 0.6 is 15.9 Å². The summed E-state index contributed by atoms with van der Waals surface area (Å²) >= 11 is 3.38. The van der Waals surface area contributed by atoms with E-state index >= 15 is 0 Å². The zero-order valence-corrected chi connectivity index (χ0v) is 12.8. The van der Waals surface area contributed by atoms with Crippen molar-refractivity contribution in [1.82, 2.24) is 0 Å². The van der Waals surface area contributed by atoms with Gasteiger partial charge in [-0.15, -0.1) is 0 Å². The average molecular weight is 334 g/mol. The minimum atomic E-state index is -0.0349. The van der Waals surface area contributed by atoms with Gasteiger partial charge in [-0.3, -0.25) is 4.79 Å². The second-order valence-corrected chi connectivity index (χ2v) is 5.23. The SMILES string of the molecule is CCOc1ccc(CC(=O)Nc2cccc(Br)c2)cc1. The molecule has 0 aliphatic heterocycles. The molecule has 0 unspecified atom stereocenters. The fourth-order valence-electron chi connectivity index (χ4n) is 1.83. The molecule has 0 aliphatic carbocycles. The first-order chi connectivity index (χ1) is 9.67. The van der Waals surface area contributed by atoms with Gasteiger partial charge in [0.05, 0.1) is 13.0 Å². The summed E-state index contributed by atoms with van der Waals surface area (Å²) in [4.78, 5) is 11.9. The number of nitrogens with one attached hydrogen (secondary N) is 1. The highest BCUT2D eigenvalue weighted by molar-refractivity contribution is 9.10. The highest BCUT2D eigenvalue weighted by Crippen LogP contribution is 2.16. The maximum absolute atomic E-state index is 11.9. The van der Waals surface area contributed by atoms with E-state index in [1.54, 1.807) is 0 Å². The molecule has 0 atom stereocenters. The predicted octanol–water partition coefficient (Wildman–Crippen LogP) is 4.03. The molecule has 3 nitrogen and oxygen atoms in total. The Kier molecular flexibility index (Phi) is 5.18. The Morgan fingerprint density at radius 2 is 1.95 bits per heavy atom. The number of carbonyl (C=O) groups is 1. The van der Waals surface area contributed by atoms with E-state index in [4.69, 9.17) is 4.74 Å². The number of benzene rings is 2. The zero-order chi connectivity index (χ0) is 14.4. The van der Waals surface area contributed by atoms with E-state index in [1.807, 2.05) is 55.5 Å². The Balaban J connectivity index is 1.94. The quantitative estimate of drug-likeness (QED) is 0.897. The number of rotatable bonds is 5. The van der Waals surface area contributed by atoms with E-state index in [-0.39, 0.29) is 5.91 Å². The molecule has 0 heterocycles. The molecular weight excluding hydrogens is 318 g/mol. The van der Waals surface area contributed by atoms with E-state index < -0.39 is 0 Å². The maximum Gasteiger partial charge on any atom is 0.228 e. The predicted molar refractivity (Wildman–Crippen MR) is 84.1 cm³/mol. The van der Waals surface area contributed by atoms with Crippen LogP contribution in [-0.2, 0) is 11.2 Å². The Labute approximate surface area is 127 Å². The van der Waals surface area contributed by atoms with Gasteiger partial charge in [-0.2, -0.15) is 0 Å². The van der Waals surface area contributed by atoms with Crippen LogP contribution in [0, 0.1) is 0 Å². The van der Waals surface area contributed by atoms with E-state index in [2.05, 4.69) is 21.2 Å². The van der Waals surface area contributed by atoms with Crippen LogP contribution in [0.25, 0.3) is 0 Å². The molecule has 0 aliphatic rings. The van der Waals surface area contributed by atoms with Gasteiger partial charge in [0, 0.05) is 10.2 Å². The van der Waals surface area contributed by atoms with Crippen LogP contribution in [0.15, 0.2) is 53.0 Å². The third kappa shape index (κ3) is 4.38. The first kappa shape index (κ1) is 14.6. The molecule has 0 fully saturated rings. The van der Waals surface area contributed by atoms with Crippen molar-refractivity contribution in [3.05, 3.63) is 58.6 Å². The standard InChI is InChI=1S/C16H16BrNO2/c1-2-20-15-8-6-12(7-9-15)10-16(19)18-14-5-3-4-13(17)11-14/h3-9,11H,2,10H2,1H3,(H,18,19). The van der Waals surface area contributed by atoms with Gasteiger partial charge in [-0.1, -0.05) is 34.1 Å². The minimum Gasteiger partial charge on any atom is -0.494 e. The lowest BCUT2D eigenvalue weighted by molar-refractivity contribution is -0.115. The lowest BCUT2D eigenvalue weighted by Crippen LogP contribution is -2.14. The van der Waals surface area contributed by atoms with E-state index in [9.17, 15) is 4.79 Å². The number of hydrogen-bond acceptors (Lipinski definition) is 2.